The van der Waals surface area contributed by atoms with E-state index >= 15 is 0 Å². The Morgan fingerprint density at radius 1 is 0.424 bits per heavy atom. The first kappa shape index (κ1) is 113. The summed E-state index contributed by atoms with van der Waals surface area (Å²) in [5.74, 6) is 0.0648. The second-order valence-electron chi connectivity index (χ2n) is 40.3. The number of ether oxygens (including phenoxy) is 7. The summed E-state index contributed by atoms with van der Waals surface area (Å²) in [5.41, 5.74) is 18.1. The summed E-state index contributed by atoms with van der Waals surface area (Å²) < 4.78 is 35.7. The predicted octanol–water partition coefficient (Wildman–Crippen LogP) is 20.8. The van der Waals surface area contributed by atoms with Crippen LogP contribution in [0.15, 0.2) is 195 Å². The van der Waals surface area contributed by atoms with Crippen LogP contribution >= 0.6 is 0 Å². The van der Waals surface area contributed by atoms with Crippen LogP contribution < -0.4 is 10.6 Å². The van der Waals surface area contributed by atoms with Crippen LogP contribution in [0.4, 0.5) is 10.5 Å². The topological polar surface area (TPSA) is 298 Å². The zero-order chi connectivity index (χ0) is 98.5. The molecule has 11 rings (SSSR count). The van der Waals surface area contributed by atoms with Gasteiger partial charge in [-0.2, -0.15) is 0 Å². The van der Waals surface area contributed by atoms with E-state index in [4.69, 9.17) is 23.7 Å². The number of amides is 2. The number of methoxy groups -OCH3 is 5. The van der Waals surface area contributed by atoms with Crippen molar-refractivity contribution in [3.63, 3.8) is 0 Å². The van der Waals surface area contributed by atoms with Crippen molar-refractivity contribution in [2.75, 3.05) is 107 Å². The molecule has 1 aliphatic rings. The number of hydrogen-bond donors (Lipinski definition) is 2. The number of tetrazole rings is 1. The smallest absolute Gasteiger partial charge is 0.411 e. The summed E-state index contributed by atoms with van der Waals surface area (Å²) in [6.07, 6.45) is 17.7. The summed E-state index contributed by atoms with van der Waals surface area (Å²) >= 11 is 0. The monoisotopic (exact) mass is 1810 g/mol. The fourth-order valence-electron chi connectivity index (χ4n) is 12.2. The van der Waals surface area contributed by atoms with E-state index in [1.165, 1.54) is 54.2 Å². The van der Waals surface area contributed by atoms with E-state index in [0.717, 1.165) is 96.1 Å². The molecule has 0 atom stereocenters. The van der Waals surface area contributed by atoms with Crippen molar-refractivity contribution in [2.45, 2.75) is 248 Å². The van der Waals surface area contributed by atoms with Gasteiger partial charge in [-0.15, -0.1) is 5.10 Å². The molecule has 132 heavy (non-hydrogen) atoms. The van der Waals surface area contributed by atoms with Gasteiger partial charge < -0.3 is 38.5 Å². The molecule has 0 aliphatic carbocycles. The Labute approximate surface area is 788 Å². The number of morpholine rings is 1. The zero-order valence-electron chi connectivity index (χ0n) is 84.6. The number of anilines is 1. The number of aryl methyl sites for hydroxylation is 1. The molecular weight excluding hydrogens is 1660 g/mol. The highest BCUT2D eigenvalue weighted by Gasteiger charge is 2.23. The maximum Gasteiger partial charge on any atom is 0.411 e. The summed E-state index contributed by atoms with van der Waals surface area (Å²) in [6.45, 7) is 59.3. The molecular formula is C107H153N13O12. The standard InChI is InChI=1S/C16H26N2O.C15H22O2.C14H16N2.C14H21NO3.C14H21NO2.C12H17NO2.C11H14N4.C11H16N2O2/c1-16(2,3)14-6-7-15(17-13-14)5-4-8-18-9-11-19-12-10-18;1-15(2,3)13-8-5-7-12(11-13)14(16)9-6-10-17-4;1-14(2,3)13-6-4-11(5-7-13)12-8-15-10-16-9-12;1-14(2,3)11-6-5-7-12(10-11)15-13(16)18-9-8-17-4;1-14(2,3)12-7-5-11(6-8-12)13(16)15-9-10-17-4;1-12(2,3)9-5-6-10(13-8-9)7-11(14)15-4;1-11(2,3)9-4-6-10(7-5-9)15-8-12-13-14-15;1-11(2,3)8-6-12-9(13-7-8)5-10(14)15-4/h6-7,13H,4-5,8-12H2,1-3H3;5,7-8,11H,6,9-10H2,1-4H3;4-10H,1-3H3;5-7,10H,8-9H2,1-4H3,(H,15,16);5-8H,9-10H2,1-4H3,(H,15,16);5-6,8H,7H2,1-4H3;4-8H,1-3H3;6-7H,5H2,1-4H3. The first-order chi connectivity index (χ1) is 61.9. The molecule has 1 fully saturated rings. The molecule has 25 heteroatoms. The Balaban J connectivity index is 0.000000316. The van der Waals surface area contributed by atoms with Gasteiger partial charge in [-0.05, 0) is 184 Å². The second kappa shape index (κ2) is 55.3. The van der Waals surface area contributed by atoms with Crippen LogP contribution in [0.3, 0.4) is 0 Å². The third-order valence-corrected chi connectivity index (χ3v) is 20.9. The Bertz CT molecular complexity index is 4880. The Morgan fingerprint density at radius 2 is 0.886 bits per heavy atom. The maximum atomic E-state index is 11.9. The van der Waals surface area contributed by atoms with Gasteiger partial charge in [-0.3, -0.25) is 39.4 Å². The number of benzene rings is 5. The van der Waals surface area contributed by atoms with Crippen molar-refractivity contribution in [3.8, 4) is 16.8 Å². The van der Waals surface area contributed by atoms with Gasteiger partial charge in [0.05, 0.1) is 58.4 Å². The lowest BCUT2D eigenvalue weighted by Crippen LogP contribution is -2.36. The average Bonchev–Trinajstić information content (AvgIpc) is 1.07. The largest absolute Gasteiger partial charge is 0.469 e. The molecule has 2 amide bonds. The molecule has 6 heterocycles. The number of aromatic nitrogens is 10. The molecule has 5 aromatic carbocycles. The molecule has 1 aliphatic heterocycles. The third-order valence-electron chi connectivity index (χ3n) is 20.9. The minimum absolute atomic E-state index is 0.0315. The van der Waals surface area contributed by atoms with Crippen molar-refractivity contribution >= 4 is 35.4 Å². The number of esters is 2. The van der Waals surface area contributed by atoms with Crippen LogP contribution in [0, 0.1) is 0 Å². The number of pyridine rings is 2. The van der Waals surface area contributed by atoms with E-state index in [1.54, 1.807) is 51.1 Å². The first-order valence-corrected chi connectivity index (χ1v) is 45.3. The van der Waals surface area contributed by atoms with E-state index in [9.17, 15) is 24.0 Å². The van der Waals surface area contributed by atoms with Crippen LogP contribution in [-0.2, 0) is 105 Å². The molecule has 5 aromatic heterocycles. The number of carbonyl (C=O) groups excluding carboxylic acids is 5. The molecule has 1 saturated heterocycles. The summed E-state index contributed by atoms with van der Waals surface area (Å²) in [5, 5.41) is 16.5. The molecule has 10 aromatic rings. The average molecular weight is 1810 g/mol. The number of carbonyl (C=O) groups is 5. The van der Waals surface area contributed by atoms with Crippen molar-refractivity contribution in [2.24, 2.45) is 0 Å². The van der Waals surface area contributed by atoms with Gasteiger partial charge in [0, 0.05) is 119 Å². The van der Waals surface area contributed by atoms with E-state index in [0.29, 0.717) is 44.2 Å². The highest BCUT2D eigenvalue weighted by Crippen LogP contribution is 2.30. The zero-order valence-corrected chi connectivity index (χ0v) is 84.6. The molecule has 718 valence electrons. The number of ketones is 1. The SMILES string of the molecule is CC(C)(C)c1ccc(-c2cncnc2)cc1.CC(C)(C)c1ccc(-n2cnnn2)cc1.CC(C)(C)c1ccc(CCCN2CCOCC2)nc1.COC(=O)Cc1ccc(C(C)(C)C)cn1.COC(=O)Cc1ncc(C(C)(C)C)cn1.COCCCC(=O)c1cccc(C(C)(C)C)c1.COCCNC(=O)c1ccc(C(C)(C)C)cc1.COCCOC(=O)Nc1cccc(C(C)(C)C)c1. The van der Waals surface area contributed by atoms with Gasteiger partial charge in [0.1, 0.15) is 31.5 Å². The van der Waals surface area contributed by atoms with Crippen LogP contribution in [0.1, 0.15) is 268 Å². The number of hydrogen-bond acceptors (Lipinski definition) is 22. The lowest BCUT2D eigenvalue weighted by molar-refractivity contribution is -0.140. The first-order valence-electron chi connectivity index (χ1n) is 45.3. The molecule has 0 bridgehead atoms. The highest BCUT2D eigenvalue weighted by atomic mass is 16.6. The molecule has 2 N–H and O–H groups in total. The van der Waals surface area contributed by atoms with E-state index in [1.807, 2.05) is 116 Å². The van der Waals surface area contributed by atoms with E-state index in [-0.39, 0.29) is 86.4 Å². The lowest BCUT2D eigenvalue weighted by Gasteiger charge is -2.26. The van der Waals surface area contributed by atoms with Crippen molar-refractivity contribution in [1.29, 1.82) is 0 Å². The van der Waals surface area contributed by atoms with Gasteiger partial charge in [0.2, 0.25) is 0 Å². The van der Waals surface area contributed by atoms with E-state index in [2.05, 4.69) is 291 Å². The van der Waals surface area contributed by atoms with Gasteiger partial charge >= 0.3 is 18.0 Å². The quantitative estimate of drug-likeness (QED) is 0.0260. The Kier molecular flexibility index (Phi) is 47.4. The third kappa shape index (κ3) is 44.3. The molecule has 0 saturated carbocycles. The van der Waals surface area contributed by atoms with Crippen LogP contribution in [0.5, 0.6) is 0 Å². The van der Waals surface area contributed by atoms with Crippen LogP contribution in [-0.4, -0.2) is 186 Å². The molecule has 25 nitrogen and oxygen atoms in total. The van der Waals surface area contributed by atoms with Crippen molar-refractivity contribution in [3.05, 3.63) is 268 Å². The maximum absolute atomic E-state index is 11.9. The molecule has 0 spiro atoms. The number of nitrogens with one attached hydrogen (secondary N) is 2. The summed E-state index contributed by atoms with van der Waals surface area (Å²) in [4.78, 5) is 84.7. The Morgan fingerprint density at radius 3 is 1.36 bits per heavy atom. The Hall–Kier alpha value is -11.2. The van der Waals surface area contributed by atoms with Crippen molar-refractivity contribution in [1.82, 2.24) is 60.3 Å². The molecule has 0 unspecified atom stereocenters. The normalized spacial score (nSPS) is 12.2. The lowest BCUT2D eigenvalue weighted by atomic mass is 9.85. The summed E-state index contributed by atoms with van der Waals surface area (Å²) in [7, 11) is 7.57. The van der Waals surface area contributed by atoms with Gasteiger partial charge in [-0.1, -0.05) is 257 Å². The summed E-state index contributed by atoms with van der Waals surface area (Å²) in [6, 6.07) is 48.6. The van der Waals surface area contributed by atoms with Gasteiger partial charge in [0.25, 0.3) is 5.91 Å². The van der Waals surface area contributed by atoms with Gasteiger partial charge in [0.15, 0.2) is 5.78 Å². The van der Waals surface area contributed by atoms with Crippen LogP contribution in [0.2, 0.25) is 0 Å². The number of rotatable bonds is 23. The highest BCUT2D eigenvalue weighted by molar-refractivity contribution is 5.96. The molecule has 0 radical (unpaired) electrons. The van der Waals surface area contributed by atoms with E-state index < -0.39 is 6.09 Å². The van der Waals surface area contributed by atoms with Crippen LogP contribution in [0.25, 0.3) is 16.8 Å². The fraction of sp³-hybridized carbons (Fsp3) is 0.495. The second-order valence-corrected chi connectivity index (χ2v) is 40.3. The van der Waals surface area contributed by atoms with Crippen molar-refractivity contribution < 1.29 is 57.1 Å². The minimum Gasteiger partial charge on any atom is -0.469 e. The number of nitrogens with zero attached hydrogens (tertiary/aromatic N) is 11. The number of Topliss-reactive ketones (excluding diaryl/α,β-unsaturated/α-hetero) is 1. The van der Waals surface area contributed by atoms with Gasteiger partial charge in [-0.25, -0.2) is 29.4 Å². The predicted molar refractivity (Wildman–Crippen MR) is 530 cm³/mol. The minimum atomic E-state index is -0.460. The fourth-order valence-corrected chi connectivity index (χ4v) is 12.2.